The van der Waals surface area contributed by atoms with Gasteiger partial charge in [-0.1, -0.05) is 24.3 Å². The van der Waals surface area contributed by atoms with Gasteiger partial charge in [-0.3, -0.25) is 9.59 Å². The minimum absolute atomic E-state index is 0.0264. The number of hydrogen-bond acceptors (Lipinski definition) is 3. The maximum absolute atomic E-state index is 13.5. The van der Waals surface area contributed by atoms with Crippen molar-refractivity contribution in [2.45, 2.75) is 26.4 Å². The Morgan fingerprint density at radius 2 is 1.88 bits per heavy atom. The quantitative estimate of drug-likeness (QED) is 0.854. The van der Waals surface area contributed by atoms with E-state index in [1.165, 1.54) is 6.92 Å². The van der Waals surface area contributed by atoms with Gasteiger partial charge in [0.25, 0.3) is 5.91 Å². The number of nitrogens with one attached hydrogen (secondary N) is 1. The van der Waals surface area contributed by atoms with Crippen LogP contribution < -0.4 is 5.32 Å². The lowest BCUT2D eigenvalue weighted by Crippen LogP contribution is -2.30. The van der Waals surface area contributed by atoms with Gasteiger partial charge in [0.2, 0.25) is 0 Å². The van der Waals surface area contributed by atoms with Crippen LogP contribution in [0.3, 0.4) is 0 Å². The minimum atomic E-state index is -1.14. The van der Waals surface area contributed by atoms with Gasteiger partial charge in [-0.15, -0.1) is 0 Å². The first-order valence-electron chi connectivity index (χ1n) is 7.36. The van der Waals surface area contributed by atoms with Crippen molar-refractivity contribution >= 4 is 17.6 Å². The summed E-state index contributed by atoms with van der Waals surface area (Å²) in [6, 6.07) is 10.0. The molecule has 1 N–H and O–H groups in total. The molecule has 0 aromatic heterocycles. The standard InChI is InChI=1S/C18H17F2NO3/c1-11-5-3-4-6-13(11)9-17(22)24-12(2)18(23)21-16-10-14(19)7-8-15(16)20/h3-8,10,12H,9H2,1-2H3,(H,21,23)/t12-/m1/s1. The molecule has 1 amide bonds. The summed E-state index contributed by atoms with van der Waals surface area (Å²) in [6.07, 6.45) is -1.11. The number of anilines is 1. The molecule has 0 bridgehead atoms. The Kier molecular flexibility index (Phi) is 5.63. The molecule has 0 radical (unpaired) electrons. The lowest BCUT2D eigenvalue weighted by atomic mass is 10.1. The second-order valence-corrected chi connectivity index (χ2v) is 5.35. The van der Waals surface area contributed by atoms with E-state index in [1.54, 1.807) is 12.1 Å². The second kappa shape index (κ2) is 7.68. The molecule has 2 aromatic carbocycles. The number of carbonyl (C=O) groups excluding carboxylic acids is 2. The molecule has 2 rings (SSSR count). The average Bonchev–Trinajstić information content (AvgIpc) is 2.53. The lowest BCUT2D eigenvalue weighted by Gasteiger charge is -2.14. The maximum atomic E-state index is 13.5. The normalized spacial score (nSPS) is 11.7. The van der Waals surface area contributed by atoms with Gasteiger partial charge in [-0.05, 0) is 37.1 Å². The van der Waals surface area contributed by atoms with Crippen molar-refractivity contribution < 1.29 is 23.1 Å². The van der Waals surface area contributed by atoms with Crippen LogP contribution in [0.5, 0.6) is 0 Å². The maximum Gasteiger partial charge on any atom is 0.311 e. The van der Waals surface area contributed by atoms with Crippen LogP contribution in [0, 0.1) is 18.6 Å². The second-order valence-electron chi connectivity index (χ2n) is 5.35. The monoisotopic (exact) mass is 333 g/mol. The van der Waals surface area contributed by atoms with Crippen molar-refractivity contribution in [3.8, 4) is 0 Å². The number of ether oxygens (including phenoxy) is 1. The van der Waals surface area contributed by atoms with Gasteiger partial charge in [0.1, 0.15) is 11.6 Å². The molecule has 0 saturated heterocycles. The highest BCUT2D eigenvalue weighted by molar-refractivity contribution is 5.95. The van der Waals surface area contributed by atoms with Crippen molar-refractivity contribution in [3.63, 3.8) is 0 Å². The molecule has 0 aliphatic heterocycles. The highest BCUT2D eigenvalue weighted by atomic mass is 19.1. The zero-order valence-corrected chi connectivity index (χ0v) is 13.3. The molecule has 0 spiro atoms. The summed E-state index contributed by atoms with van der Waals surface area (Å²) in [5, 5.41) is 2.20. The Hall–Kier alpha value is -2.76. The molecule has 24 heavy (non-hydrogen) atoms. The fourth-order valence-electron chi connectivity index (χ4n) is 2.08. The first kappa shape index (κ1) is 17.6. The Morgan fingerprint density at radius 3 is 2.58 bits per heavy atom. The number of carbonyl (C=O) groups is 2. The van der Waals surface area contributed by atoms with E-state index in [2.05, 4.69) is 5.32 Å². The number of aryl methyl sites for hydroxylation is 1. The molecule has 0 unspecified atom stereocenters. The zero-order valence-electron chi connectivity index (χ0n) is 13.3. The number of benzene rings is 2. The smallest absolute Gasteiger partial charge is 0.311 e. The fourth-order valence-corrected chi connectivity index (χ4v) is 2.08. The van der Waals surface area contributed by atoms with E-state index in [9.17, 15) is 18.4 Å². The van der Waals surface area contributed by atoms with E-state index in [1.807, 2.05) is 19.1 Å². The number of esters is 1. The Balaban J connectivity index is 1.95. The van der Waals surface area contributed by atoms with Gasteiger partial charge in [-0.25, -0.2) is 8.78 Å². The van der Waals surface area contributed by atoms with Crippen LogP contribution in [0.15, 0.2) is 42.5 Å². The summed E-state index contributed by atoms with van der Waals surface area (Å²) < 4.78 is 31.6. The van der Waals surface area contributed by atoms with Crippen LogP contribution in [0.4, 0.5) is 14.5 Å². The molecular weight excluding hydrogens is 316 g/mol. The van der Waals surface area contributed by atoms with Crippen molar-refractivity contribution in [3.05, 3.63) is 65.2 Å². The molecule has 0 saturated carbocycles. The Labute approximate surface area is 138 Å². The molecule has 1 atom stereocenters. The van der Waals surface area contributed by atoms with Crippen LogP contribution in [0.2, 0.25) is 0 Å². The van der Waals surface area contributed by atoms with Gasteiger partial charge in [0, 0.05) is 6.07 Å². The summed E-state index contributed by atoms with van der Waals surface area (Å²) >= 11 is 0. The summed E-state index contributed by atoms with van der Waals surface area (Å²) in [5.41, 5.74) is 1.43. The van der Waals surface area contributed by atoms with Gasteiger partial charge in [-0.2, -0.15) is 0 Å². The van der Waals surface area contributed by atoms with E-state index < -0.39 is 29.6 Å². The largest absolute Gasteiger partial charge is 0.452 e. The first-order valence-corrected chi connectivity index (χ1v) is 7.36. The summed E-state index contributed by atoms with van der Waals surface area (Å²) in [4.78, 5) is 23.9. The highest BCUT2D eigenvalue weighted by Gasteiger charge is 2.19. The lowest BCUT2D eigenvalue weighted by molar-refractivity contribution is -0.152. The van der Waals surface area contributed by atoms with Crippen molar-refractivity contribution in [2.75, 3.05) is 5.32 Å². The fraction of sp³-hybridized carbons (Fsp3) is 0.222. The van der Waals surface area contributed by atoms with Gasteiger partial charge >= 0.3 is 5.97 Å². The highest BCUT2D eigenvalue weighted by Crippen LogP contribution is 2.16. The number of halogens is 2. The predicted octanol–water partition coefficient (Wildman–Crippen LogP) is 3.39. The van der Waals surface area contributed by atoms with Crippen LogP contribution in [0.1, 0.15) is 18.1 Å². The van der Waals surface area contributed by atoms with Crippen LogP contribution in [-0.4, -0.2) is 18.0 Å². The third-order valence-electron chi connectivity index (χ3n) is 3.46. The molecule has 6 heteroatoms. The molecule has 0 aliphatic rings. The molecule has 2 aromatic rings. The number of rotatable bonds is 5. The molecule has 0 aliphatic carbocycles. The third-order valence-corrected chi connectivity index (χ3v) is 3.46. The average molecular weight is 333 g/mol. The van der Waals surface area contributed by atoms with Crippen molar-refractivity contribution in [1.82, 2.24) is 0 Å². The summed E-state index contributed by atoms with van der Waals surface area (Å²) in [6.45, 7) is 3.23. The molecule has 0 fully saturated rings. The number of amides is 1. The van der Waals surface area contributed by atoms with Gasteiger partial charge < -0.3 is 10.1 Å². The van der Waals surface area contributed by atoms with Gasteiger partial charge in [0.15, 0.2) is 6.10 Å². The summed E-state index contributed by atoms with van der Waals surface area (Å²) in [7, 11) is 0. The van der Waals surface area contributed by atoms with E-state index in [4.69, 9.17) is 4.74 Å². The first-order chi connectivity index (χ1) is 11.4. The van der Waals surface area contributed by atoms with Crippen LogP contribution >= 0.6 is 0 Å². The molecule has 126 valence electrons. The van der Waals surface area contributed by atoms with Crippen molar-refractivity contribution in [1.29, 1.82) is 0 Å². The molecular formula is C18H17F2NO3. The Bertz CT molecular complexity index is 762. The minimum Gasteiger partial charge on any atom is -0.452 e. The third kappa shape index (κ3) is 4.62. The zero-order chi connectivity index (χ0) is 17.7. The van der Waals surface area contributed by atoms with E-state index >= 15 is 0 Å². The Morgan fingerprint density at radius 1 is 1.17 bits per heavy atom. The van der Waals surface area contributed by atoms with E-state index in [0.717, 1.165) is 29.3 Å². The van der Waals surface area contributed by atoms with E-state index in [-0.39, 0.29) is 12.1 Å². The van der Waals surface area contributed by atoms with Crippen LogP contribution in [-0.2, 0) is 20.7 Å². The molecule has 4 nitrogen and oxygen atoms in total. The van der Waals surface area contributed by atoms with Crippen LogP contribution in [0.25, 0.3) is 0 Å². The topological polar surface area (TPSA) is 55.4 Å². The summed E-state index contributed by atoms with van der Waals surface area (Å²) in [5.74, 6) is -2.77. The van der Waals surface area contributed by atoms with E-state index in [0.29, 0.717) is 0 Å². The van der Waals surface area contributed by atoms with Gasteiger partial charge in [0.05, 0.1) is 12.1 Å². The molecule has 0 heterocycles. The SMILES string of the molecule is Cc1ccccc1CC(=O)O[C@H](C)C(=O)Nc1cc(F)ccc1F. The predicted molar refractivity (Wildman–Crippen MR) is 85.4 cm³/mol. The van der Waals surface area contributed by atoms with Crippen molar-refractivity contribution in [2.24, 2.45) is 0 Å². The number of hydrogen-bond donors (Lipinski definition) is 1.